The molecule has 1 heterocycles. The van der Waals surface area contributed by atoms with Gasteiger partial charge in [0.15, 0.2) is 0 Å². The van der Waals surface area contributed by atoms with Gasteiger partial charge in [0.2, 0.25) is 0 Å². The summed E-state index contributed by atoms with van der Waals surface area (Å²) in [7, 11) is 0. The molecule has 2 aromatic rings. The molecule has 0 unspecified atom stereocenters. The maximum atomic E-state index is 5.75. The molecule has 1 aromatic heterocycles. The fourth-order valence-corrected chi connectivity index (χ4v) is 2.94. The molecule has 1 saturated carbocycles. The first kappa shape index (κ1) is 14.7. The zero-order valence-electron chi connectivity index (χ0n) is 12.9. The molecule has 114 valence electrons. The number of fused-ring (bicyclic) bond motifs is 1. The van der Waals surface area contributed by atoms with Gasteiger partial charge in [-0.25, -0.2) is 4.98 Å². The summed E-state index contributed by atoms with van der Waals surface area (Å²) < 4.78 is 0. The van der Waals surface area contributed by atoms with Crippen LogP contribution in [0.1, 0.15) is 38.3 Å². The standard InChI is InChI=1S/C18H22N4/c1-2-5-13-8-15(9-13)20-11-14(10-19)18-12-21-16-6-3-4-7-17(16)22-18/h3-4,6-7,10-13,15H,2,5,8-9,19H2,1H3. The lowest BCUT2D eigenvalue weighted by molar-refractivity contribution is 0.250. The van der Waals surface area contributed by atoms with Gasteiger partial charge in [0, 0.05) is 18.0 Å². The second-order valence-electron chi connectivity index (χ2n) is 5.92. The Kier molecular flexibility index (Phi) is 4.47. The van der Waals surface area contributed by atoms with E-state index in [1.807, 2.05) is 30.5 Å². The first-order valence-corrected chi connectivity index (χ1v) is 7.97. The number of rotatable bonds is 5. The van der Waals surface area contributed by atoms with Gasteiger partial charge in [-0.05, 0) is 30.9 Å². The summed E-state index contributed by atoms with van der Waals surface area (Å²) in [4.78, 5) is 13.7. The monoisotopic (exact) mass is 294 g/mol. The number of nitrogens with two attached hydrogens (primary N) is 1. The number of benzene rings is 1. The van der Waals surface area contributed by atoms with E-state index in [9.17, 15) is 0 Å². The van der Waals surface area contributed by atoms with E-state index in [1.54, 1.807) is 12.4 Å². The molecule has 0 amide bonds. The number of hydrogen-bond donors (Lipinski definition) is 1. The van der Waals surface area contributed by atoms with Crippen molar-refractivity contribution in [1.82, 2.24) is 9.97 Å². The van der Waals surface area contributed by atoms with Crippen molar-refractivity contribution < 1.29 is 0 Å². The summed E-state index contributed by atoms with van der Waals surface area (Å²) in [6.07, 6.45) is 10.2. The topological polar surface area (TPSA) is 64.2 Å². The summed E-state index contributed by atoms with van der Waals surface area (Å²) in [5.74, 6) is 0.859. The number of para-hydroxylation sites is 2. The van der Waals surface area contributed by atoms with Crippen molar-refractivity contribution in [2.75, 3.05) is 0 Å². The summed E-state index contributed by atoms with van der Waals surface area (Å²) >= 11 is 0. The maximum absolute atomic E-state index is 5.75. The molecule has 2 N–H and O–H groups in total. The van der Waals surface area contributed by atoms with Crippen molar-refractivity contribution in [2.45, 2.75) is 38.6 Å². The molecule has 0 spiro atoms. The zero-order chi connectivity index (χ0) is 15.4. The van der Waals surface area contributed by atoms with E-state index in [0.29, 0.717) is 6.04 Å². The summed E-state index contributed by atoms with van der Waals surface area (Å²) in [5.41, 5.74) is 9.12. The van der Waals surface area contributed by atoms with Crippen LogP contribution in [0.5, 0.6) is 0 Å². The normalized spacial score (nSPS) is 22.1. The molecule has 1 aliphatic carbocycles. The quantitative estimate of drug-likeness (QED) is 0.857. The SMILES string of the molecule is CCCC1CC(N=CC(=CN)c2cnc3ccccc3n2)C1. The van der Waals surface area contributed by atoms with Gasteiger partial charge in [0.1, 0.15) is 0 Å². The van der Waals surface area contributed by atoms with Crippen LogP contribution in [0.2, 0.25) is 0 Å². The van der Waals surface area contributed by atoms with Crippen molar-refractivity contribution in [1.29, 1.82) is 0 Å². The number of aliphatic imine (C=N–C) groups is 1. The molecule has 22 heavy (non-hydrogen) atoms. The Hall–Kier alpha value is -2.23. The number of aromatic nitrogens is 2. The van der Waals surface area contributed by atoms with Crippen molar-refractivity contribution in [3.63, 3.8) is 0 Å². The molecule has 1 aromatic carbocycles. The Bertz CT molecular complexity index is 699. The van der Waals surface area contributed by atoms with Crippen molar-refractivity contribution in [3.8, 4) is 0 Å². The van der Waals surface area contributed by atoms with Crippen LogP contribution < -0.4 is 5.73 Å². The van der Waals surface area contributed by atoms with Crippen LogP contribution in [0.3, 0.4) is 0 Å². The molecule has 0 atom stereocenters. The molecule has 4 nitrogen and oxygen atoms in total. The highest BCUT2D eigenvalue weighted by Gasteiger charge is 2.27. The van der Waals surface area contributed by atoms with E-state index in [0.717, 1.165) is 28.2 Å². The van der Waals surface area contributed by atoms with E-state index in [1.165, 1.54) is 25.7 Å². The average molecular weight is 294 g/mol. The van der Waals surface area contributed by atoms with Gasteiger partial charge in [0.25, 0.3) is 0 Å². The molecule has 0 saturated heterocycles. The third-order valence-corrected chi connectivity index (χ3v) is 4.26. The summed E-state index contributed by atoms with van der Waals surface area (Å²) in [6.45, 7) is 2.24. The van der Waals surface area contributed by atoms with Gasteiger partial charge in [0.05, 0.1) is 29.0 Å². The minimum atomic E-state index is 0.444. The highest BCUT2D eigenvalue weighted by molar-refractivity contribution is 6.09. The van der Waals surface area contributed by atoms with Gasteiger partial charge in [-0.3, -0.25) is 9.98 Å². The third kappa shape index (κ3) is 3.16. The van der Waals surface area contributed by atoms with Crippen LogP contribution in [-0.2, 0) is 0 Å². The lowest BCUT2D eigenvalue weighted by atomic mass is 9.78. The highest BCUT2D eigenvalue weighted by Crippen LogP contribution is 2.33. The Labute approximate surface area is 131 Å². The van der Waals surface area contributed by atoms with E-state index in [2.05, 4.69) is 21.9 Å². The van der Waals surface area contributed by atoms with Crippen LogP contribution in [0.25, 0.3) is 16.6 Å². The van der Waals surface area contributed by atoms with Gasteiger partial charge < -0.3 is 5.73 Å². The molecule has 0 aliphatic heterocycles. The van der Waals surface area contributed by atoms with Crippen LogP contribution in [0.15, 0.2) is 41.7 Å². The first-order valence-electron chi connectivity index (χ1n) is 7.97. The van der Waals surface area contributed by atoms with Crippen LogP contribution in [-0.4, -0.2) is 22.2 Å². The van der Waals surface area contributed by atoms with Crippen molar-refractivity contribution in [2.24, 2.45) is 16.6 Å². The molecule has 0 radical (unpaired) electrons. The third-order valence-electron chi connectivity index (χ3n) is 4.26. The van der Waals surface area contributed by atoms with Gasteiger partial charge in [-0.2, -0.15) is 0 Å². The van der Waals surface area contributed by atoms with Gasteiger partial charge >= 0.3 is 0 Å². The van der Waals surface area contributed by atoms with Crippen molar-refractivity contribution in [3.05, 3.63) is 42.4 Å². The van der Waals surface area contributed by atoms with E-state index in [4.69, 9.17) is 5.73 Å². The number of allylic oxidation sites excluding steroid dienone is 1. The van der Waals surface area contributed by atoms with Crippen molar-refractivity contribution >= 4 is 22.8 Å². The molecule has 4 heteroatoms. The van der Waals surface area contributed by atoms with Gasteiger partial charge in [-0.1, -0.05) is 31.9 Å². The van der Waals surface area contributed by atoms with Crippen LogP contribution in [0.4, 0.5) is 0 Å². The van der Waals surface area contributed by atoms with Crippen LogP contribution in [0, 0.1) is 5.92 Å². The molecule has 3 rings (SSSR count). The zero-order valence-corrected chi connectivity index (χ0v) is 12.9. The number of hydrogen-bond acceptors (Lipinski definition) is 4. The fraction of sp³-hybridized carbons (Fsp3) is 0.389. The highest BCUT2D eigenvalue weighted by atomic mass is 14.8. The summed E-state index contributed by atoms with van der Waals surface area (Å²) in [5, 5.41) is 0. The Morgan fingerprint density at radius 2 is 2.09 bits per heavy atom. The molecule has 1 aliphatic rings. The first-order chi connectivity index (χ1) is 10.8. The largest absolute Gasteiger partial charge is 0.404 e. The summed E-state index contributed by atoms with van der Waals surface area (Å²) in [6, 6.07) is 8.27. The predicted octanol–water partition coefficient (Wildman–Crippen LogP) is 3.58. The van der Waals surface area contributed by atoms with E-state index >= 15 is 0 Å². The smallest absolute Gasteiger partial charge is 0.0922 e. The number of nitrogens with zero attached hydrogens (tertiary/aromatic N) is 3. The lowest BCUT2D eigenvalue weighted by Gasteiger charge is -2.32. The second kappa shape index (κ2) is 6.69. The lowest BCUT2D eigenvalue weighted by Crippen LogP contribution is -2.27. The maximum Gasteiger partial charge on any atom is 0.0922 e. The minimum absolute atomic E-state index is 0.444. The van der Waals surface area contributed by atoms with Gasteiger partial charge in [-0.15, -0.1) is 0 Å². The Morgan fingerprint density at radius 1 is 1.32 bits per heavy atom. The molecular formula is C18H22N4. The molecule has 1 fully saturated rings. The van der Waals surface area contributed by atoms with Crippen LogP contribution >= 0.6 is 0 Å². The average Bonchev–Trinajstić information content (AvgIpc) is 2.52. The Morgan fingerprint density at radius 3 is 2.82 bits per heavy atom. The molecular weight excluding hydrogens is 272 g/mol. The second-order valence-corrected chi connectivity index (χ2v) is 5.92. The fourth-order valence-electron chi connectivity index (χ4n) is 2.94. The Balaban J connectivity index is 1.71. The van der Waals surface area contributed by atoms with E-state index in [-0.39, 0.29) is 0 Å². The minimum Gasteiger partial charge on any atom is -0.404 e. The van der Waals surface area contributed by atoms with E-state index < -0.39 is 0 Å². The predicted molar refractivity (Wildman–Crippen MR) is 91.6 cm³/mol. The molecule has 0 bridgehead atoms.